The van der Waals surface area contributed by atoms with E-state index in [1.807, 2.05) is 6.92 Å². The van der Waals surface area contributed by atoms with Crippen molar-refractivity contribution in [1.29, 1.82) is 0 Å². The predicted molar refractivity (Wildman–Crippen MR) is 87.6 cm³/mol. The molecule has 3 amide bonds. The maximum absolute atomic E-state index is 12.2. The van der Waals surface area contributed by atoms with Gasteiger partial charge in [0.25, 0.3) is 5.91 Å². The first kappa shape index (κ1) is 16.9. The van der Waals surface area contributed by atoms with Crippen molar-refractivity contribution in [3.63, 3.8) is 0 Å². The average Bonchev–Trinajstić information content (AvgIpc) is 2.75. The Kier molecular flexibility index (Phi) is 5.28. The number of urea groups is 1. The zero-order valence-corrected chi connectivity index (χ0v) is 13.6. The molecule has 7 heteroatoms. The number of ether oxygens (including phenoxy) is 2. The maximum atomic E-state index is 12.2. The van der Waals surface area contributed by atoms with Crippen molar-refractivity contribution in [1.82, 2.24) is 10.2 Å². The van der Waals surface area contributed by atoms with Crippen molar-refractivity contribution in [2.75, 3.05) is 20.3 Å². The molecule has 0 unspecified atom stereocenters. The summed E-state index contributed by atoms with van der Waals surface area (Å²) in [7, 11) is 1.50. The zero-order chi connectivity index (χ0) is 17.0. The molecule has 1 saturated heterocycles. The molecule has 0 bridgehead atoms. The highest BCUT2D eigenvalue weighted by Crippen LogP contribution is 2.37. The van der Waals surface area contributed by atoms with E-state index in [2.05, 4.69) is 11.9 Å². The molecule has 0 spiro atoms. The van der Waals surface area contributed by atoms with Crippen molar-refractivity contribution >= 4 is 29.6 Å². The van der Waals surface area contributed by atoms with E-state index in [9.17, 15) is 9.59 Å². The van der Waals surface area contributed by atoms with Crippen molar-refractivity contribution in [3.8, 4) is 11.5 Å². The molecule has 1 fully saturated rings. The summed E-state index contributed by atoms with van der Waals surface area (Å²) in [5.74, 6) is 0.472. The summed E-state index contributed by atoms with van der Waals surface area (Å²) in [5.41, 5.74) is 0.781. The molecule has 2 rings (SSSR count). The van der Waals surface area contributed by atoms with Crippen LogP contribution >= 0.6 is 11.6 Å². The number of nitrogens with one attached hydrogen (secondary N) is 1. The topological polar surface area (TPSA) is 67.9 Å². The van der Waals surface area contributed by atoms with Gasteiger partial charge in [0, 0.05) is 6.54 Å². The Morgan fingerprint density at radius 2 is 2.13 bits per heavy atom. The molecule has 1 N–H and O–H groups in total. The predicted octanol–water partition coefficient (Wildman–Crippen LogP) is 2.83. The van der Waals surface area contributed by atoms with Gasteiger partial charge in [0.05, 0.1) is 18.7 Å². The summed E-state index contributed by atoms with van der Waals surface area (Å²) in [4.78, 5) is 25.0. The molecule has 1 aromatic rings. The largest absolute Gasteiger partial charge is 0.491 e. The second-order valence-electron chi connectivity index (χ2n) is 4.66. The number of nitrogens with zero attached hydrogens (tertiary/aromatic N) is 1. The van der Waals surface area contributed by atoms with Gasteiger partial charge in [-0.05, 0) is 30.7 Å². The van der Waals surface area contributed by atoms with Crippen LogP contribution in [-0.2, 0) is 4.79 Å². The number of hydrogen-bond donors (Lipinski definition) is 1. The Bertz CT molecular complexity index is 685. The van der Waals surface area contributed by atoms with Gasteiger partial charge in [0.2, 0.25) is 0 Å². The van der Waals surface area contributed by atoms with Crippen LogP contribution in [0, 0.1) is 0 Å². The Balaban J connectivity index is 2.38. The number of carbonyl (C=O) groups excluding carboxylic acids is 2. The van der Waals surface area contributed by atoms with Crippen LogP contribution in [0.5, 0.6) is 11.5 Å². The SMILES string of the molecule is C=CCN1C(=O)N/C(=C/c2cc(Cl)c(OC)c(OCC)c2)C1=O. The second kappa shape index (κ2) is 7.19. The van der Waals surface area contributed by atoms with E-state index in [4.69, 9.17) is 21.1 Å². The second-order valence-corrected chi connectivity index (χ2v) is 5.07. The van der Waals surface area contributed by atoms with E-state index in [-0.39, 0.29) is 12.2 Å². The van der Waals surface area contributed by atoms with Crippen LogP contribution in [0.25, 0.3) is 6.08 Å². The molecular formula is C16H17ClN2O4. The molecule has 0 atom stereocenters. The van der Waals surface area contributed by atoms with E-state index >= 15 is 0 Å². The first-order valence-corrected chi connectivity index (χ1v) is 7.35. The fourth-order valence-electron chi connectivity index (χ4n) is 2.17. The lowest BCUT2D eigenvalue weighted by Crippen LogP contribution is -2.30. The molecule has 23 heavy (non-hydrogen) atoms. The molecule has 0 radical (unpaired) electrons. The molecule has 0 saturated carbocycles. The van der Waals surface area contributed by atoms with Crippen LogP contribution in [0.2, 0.25) is 5.02 Å². The highest BCUT2D eigenvalue weighted by Gasteiger charge is 2.32. The Morgan fingerprint density at radius 3 is 2.74 bits per heavy atom. The summed E-state index contributed by atoms with van der Waals surface area (Å²) in [6.45, 7) is 5.95. The number of halogens is 1. The fraction of sp³-hybridized carbons (Fsp3) is 0.250. The molecule has 1 aliphatic heterocycles. The van der Waals surface area contributed by atoms with Crippen LogP contribution in [-0.4, -0.2) is 37.1 Å². The number of carbonyl (C=O) groups is 2. The van der Waals surface area contributed by atoms with Gasteiger partial charge in [0.1, 0.15) is 5.70 Å². The Morgan fingerprint density at radius 1 is 1.39 bits per heavy atom. The number of amides is 3. The van der Waals surface area contributed by atoms with E-state index < -0.39 is 11.9 Å². The van der Waals surface area contributed by atoms with Gasteiger partial charge in [0.15, 0.2) is 11.5 Å². The molecule has 1 heterocycles. The van der Waals surface area contributed by atoms with E-state index in [1.54, 1.807) is 12.1 Å². The Hall–Kier alpha value is -2.47. The third kappa shape index (κ3) is 3.48. The van der Waals surface area contributed by atoms with E-state index in [1.165, 1.54) is 19.3 Å². The number of rotatable bonds is 6. The first-order valence-electron chi connectivity index (χ1n) is 6.97. The number of benzene rings is 1. The summed E-state index contributed by atoms with van der Waals surface area (Å²) < 4.78 is 10.7. The summed E-state index contributed by atoms with van der Waals surface area (Å²) in [5, 5.41) is 2.87. The highest BCUT2D eigenvalue weighted by atomic mass is 35.5. The summed E-state index contributed by atoms with van der Waals surface area (Å²) in [6, 6.07) is 2.84. The van der Waals surface area contributed by atoms with Crippen LogP contribution in [0.1, 0.15) is 12.5 Å². The third-order valence-electron chi connectivity index (χ3n) is 3.12. The molecule has 1 aliphatic rings. The zero-order valence-electron chi connectivity index (χ0n) is 12.9. The van der Waals surface area contributed by atoms with E-state index in [0.717, 1.165) is 4.90 Å². The van der Waals surface area contributed by atoms with Gasteiger partial charge in [-0.15, -0.1) is 6.58 Å². The Labute approximate surface area is 139 Å². The van der Waals surface area contributed by atoms with Crippen LogP contribution in [0.3, 0.4) is 0 Å². The van der Waals surface area contributed by atoms with Gasteiger partial charge in [-0.2, -0.15) is 0 Å². The lowest BCUT2D eigenvalue weighted by molar-refractivity contribution is -0.122. The van der Waals surface area contributed by atoms with Crippen molar-refractivity contribution < 1.29 is 19.1 Å². The number of methoxy groups -OCH3 is 1. The highest BCUT2D eigenvalue weighted by molar-refractivity contribution is 6.32. The summed E-state index contributed by atoms with van der Waals surface area (Å²) in [6.07, 6.45) is 3.02. The number of imide groups is 1. The smallest absolute Gasteiger partial charge is 0.329 e. The normalized spacial score (nSPS) is 15.8. The quantitative estimate of drug-likeness (QED) is 0.493. The van der Waals surface area contributed by atoms with Crippen LogP contribution < -0.4 is 14.8 Å². The van der Waals surface area contributed by atoms with Crippen LogP contribution in [0.4, 0.5) is 4.79 Å². The molecule has 6 nitrogen and oxygen atoms in total. The minimum atomic E-state index is -0.481. The molecule has 0 aromatic heterocycles. The minimum Gasteiger partial charge on any atom is -0.491 e. The van der Waals surface area contributed by atoms with Gasteiger partial charge >= 0.3 is 6.03 Å². The molecular weight excluding hydrogens is 320 g/mol. The van der Waals surface area contributed by atoms with Crippen LogP contribution in [0.15, 0.2) is 30.5 Å². The van der Waals surface area contributed by atoms with Gasteiger partial charge in [-0.1, -0.05) is 17.7 Å². The van der Waals surface area contributed by atoms with Crippen molar-refractivity contribution in [2.45, 2.75) is 6.92 Å². The van der Waals surface area contributed by atoms with Gasteiger partial charge in [-0.3, -0.25) is 9.69 Å². The minimum absolute atomic E-state index is 0.148. The summed E-state index contributed by atoms with van der Waals surface area (Å²) >= 11 is 6.17. The third-order valence-corrected chi connectivity index (χ3v) is 3.40. The molecule has 0 aliphatic carbocycles. The van der Waals surface area contributed by atoms with Gasteiger partial charge in [-0.25, -0.2) is 4.79 Å². The van der Waals surface area contributed by atoms with E-state index in [0.29, 0.717) is 28.7 Å². The fourth-order valence-corrected chi connectivity index (χ4v) is 2.46. The monoisotopic (exact) mass is 336 g/mol. The lowest BCUT2D eigenvalue weighted by atomic mass is 10.1. The molecule has 122 valence electrons. The first-order chi connectivity index (χ1) is 11.0. The molecule has 1 aromatic carbocycles. The number of hydrogen-bond acceptors (Lipinski definition) is 4. The van der Waals surface area contributed by atoms with Gasteiger partial charge < -0.3 is 14.8 Å². The standard InChI is InChI=1S/C16H17ClN2O4/c1-4-6-19-15(20)12(18-16(19)21)8-10-7-11(17)14(22-3)13(9-10)23-5-2/h4,7-9H,1,5-6H2,2-3H3,(H,18,21)/b12-8+. The average molecular weight is 337 g/mol. The van der Waals surface area contributed by atoms with Crippen molar-refractivity contribution in [3.05, 3.63) is 41.1 Å². The van der Waals surface area contributed by atoms with Crippen molar-refractivity contribution in [2.24, 2.45) is 0 Å². The lowest BCUT2D eigenvalue weighted by Gasteiger charge is -2.12. The maximum Gasteiger partial charge on any atom is 0.329 e.